The molecular weight excluding hydrogens is 465 g/mol. The molecule has 7 nitrogen and oxygen atoms in total. The third-order valence-electron chi connectivity index (χ3n) is 8.72. The molecule has 8 heteroatoms. The molecule has 188 valence electrons. The second-order valence-electron chi connectivity index (χ2n) is 11.0. The summed E-state index contributed by atoms with van der Waals surface area (Å²) in [5, 5.41) is 0. The van der Waals surface area contributed by atoms with E-state index in [-0.39, 0.29) is 12.2 Å². The van der Waals surface area contributed by atoms with Crippen molar-refractivity contribution in [3.63, 3.8) is 0 Å². The average Bonchev–Trinajstić information content (AvgIpc) is 2.94. The number of nitrogens with zero attached hydrogens (tertiary/aromatic N) is 1. The van der Waals surface area contributed by atoms with E-state index >= 15 is 0 Å². The van der Waals surface area contributed by atoms with Gasteiger partial charge in [-0.05, 0) is 53.9 Å². The van der Waals surface area contributed by atoms with Crippen LogP contribution in [0.15, 0.2) is 48.7 Å². The van der Waals surface area contributed by atoms with E-state index in [2.05, 4.69) is 11.6 Å². The summed E-state index contributed by atoms with van der Waals surface area (Å²) in [5.74, 6) is -4.28. The van der Waals surface area contributed by atoms with Gasteiger partial charge in [-0.2, -0.15) is 4.39 Å². The van der Waals surface area contributed by atoms with Crippen molar-refractivity contribution in [2.24, 2.45) is 34.0 Å². The topological polar surface area (TPSA) is 99.6 Å². The summed E-state index contributed by atoms with van der Waals surface area (Å²) in [6.07, 6.45) is 9.17. The Balaban J connectivity index is 1.55. The molecule has 36 heavy (non-hydrogen) atoms. The molecule has 0 amide bonds. The first kappa shape index (κ1) is 24.3. The summed E-state index contributed by atoms with van der Waals surface area (Å²) >= 11 is 0. The Morgan fingerprint density at radius 1 is 1.31 bits per heavy atom. The maximum Gasteiger partial charge on any atom is 0.331 e. The second-order valence-corrected chi connectivity index (χ2v) is 11.0. The van der Waals surface area contributed by atoms with Gasteiger partial charge in [-0.15, -0.1) is 0 Å². The number of Topliss-reactive ketones (excluding diaryl/α,β-unsaturated/α-hetero) is 1. The van der Waals surface area contributed by atoms with Crippen LogP contribution < -0.4 is 0 Å². The van der Waals surface area contributed by atoms with E-state index in [1.54, 1.807) is 0 Å². The molecule has 3 fully saturated rings. The Morgan fingerprint density at radius 2 is 2.08 bits per heavy atom. The normalized spacial score (nSPS) is 36.6. The molecule has 2 spiro atoms. The maximum absolute atomic E-state index is 13.8. The number of hydrogen-bond acceptors (Lipinski definition) is 7. The van der Waals surface area contributed by atoms with Gasteiger partial charge >= 0.3 is 11.9 Å². The molecule has 2 heterocycles. The van der Waals surface area contributed by atoms with Crippen LogP contribution in [0.2, 0.25) is 0 Å². The number of aldehydes is 1. The third-order valence-corrected chi connectivity index (χ3v) is 8.72. The summed E-state index contributed by atoms with van der Waals surface area (Å²) in [6, 6.07) is 2.68. The van der Waals surface area contributed by atoms with E-state index in [9.17, 15) is 23.6 Å². The molecule has 1 aromatic heterocycles. The molecule has 0 radical (unpaired) electrons. The van der Waals surface area contributed by atoms with E-state index in [0.29, 0.717) is 24.8 Å². The van der Waals surface area contributed by atoms with Crippen molar-refractivity contribution in [3.8, 4) is 0 Å². The lowest BCUT2D eigenvalue weighted by molar-refractivity contribution is -0.215. The maximum atomic E-state index is 13.8. The number of esters is 2. The molecule has 1 aromatic rings. The highest BCUT2D eigenvalue weighted by molar-refractivity contribution is 6.16. The van der Waals surface area contributed by atoms with Gasteiger partial charge in [0.05, 0.1) is 0 Å². The standard InChI is InChI=1S/C28H28FNO6/c1-16-18-6-7-19-27(11-4-10-26(2,3)20(27)14-31)15-35-25(34)28(19,23(16)33)24(18)36-22(32)8-5-17-9-12-30-21(29)13-17/h4-5,8-9,11-14,18-20,24H,1,6-7,10,15H2,2-3H3/b8-5+/t18-,19-,20+,24+,27+,28-/m0/s1. The molecule has 2 bridgehead atoms. The average molecular weight is 494 g/mol. The summed E-state index contributed by atoms with van der Waals surface area (Å²) in [4.78, 5) is 56.1. The number of aromatic nitrogens is 1. The number of carbonyl (C=O) groups is 4. The predicted molar refractivity (Wildman–Crippen MR) is 126 cm³/mol. The third kappa shape index (κ3) is 3.26. The highest BCUT2D eigenvalue weighted by Crippen LogP contribution is 2.67. The Kier molecular flexibility index (Phi) is 5.61. The van der Waals surface area contributed by atoms with Crippen molar-refractivity contribution in [2.45, 2.75) is 39.2 Å². The van der Waals surface area contributed by atoms with Gasteiger partial charge in [-0.1, -0.05) is 32.6 Å². The lowest BCUT2D eigenvalue weighted by atomic mass is 9.46. The molecule has 0 N–H and O–H groups in total. The molecule has 3 aliphatic carbocycles. The van der Waals surface area contributed by atoms with Gasteiger partial charge in [0.15, 0.2) is 11.2 Å². The van der Waals surface area contributed by atoms with E-state index in [1.807, 2.05) is 26.0 Å². The number of cyclic esters (lactones) is 1. The van der Waals surface area contributed by atoms with Gasteiger partial charge in [0, 0.05) is 35.6 Å². The Labute approximate surface area is 208 Å². The van der Waals surface area contributed by atoms with Crippen LogP contribution in [-0.4, -0.2) is 41.7 Å². The van der Waals surface area contributed by atoms with Gasteiger partial charge in [-0.25, -0.2) is 9.78 Å². The molecule has 0 aromatic carbocycles. The summed E-state index contributed by atoms with van der Waals surface area (Å²) in [6.45, 7) is 7.93. The molecule has 0 unspecified atom stereocenters. The number of hydrogen-bond donors (Lipinski definition) is 0. The number of ketones is 1. The van der Waals surface area contributed by atoms with Crippen LogP contribution in [0.5, 0.6) is 0 Å². The number of rotatable bonds is 4. The minimum Gasteiger partial charge on any atom is -0.464 e. The fourth-order valence-electron chi connectivity index (χ4n) is 7.12. The molecule has 6 atom stereocenters. The first-order valence-corrected chi connectivity index (χ1v) is 12.1. The fraction of sp³-hybridized carbons (Fsp3) is 0.464. The number of carbonyl (C=O) groups excluding carboxylic acids is 4. The lowest BCUT2D eigenvalue weighted by Gasteiger charge is -2.58. The largest absolute Gasteiger partial charge is 0.464 e. The summed E-state index contributed by atoms with van der Waals surface area (Å²) in [5.41, 5.74) is -2.42. The Morgan fingerprint density at radius 3 is 2.81 bits per heavy atom. The van der Waals surface area contributed by atoms with Gasteiger partial charge in [0.2, 0.25) is 5.95 Å². The molecule has 4 aliphatic rings. The number of pyridine rings is 1. The first-order valence-electron chi connectivity index (χ1n) is 12.1. The van der Waals surface area contributed by atoms with Crippen molar-refractivity contribution >= 4 is 30.1 Å². The van der Waals surface area contributed by atoms with E-state index in [0.717, 1.165) is 18.4 Å². The van der Waals surface area contributed by atoms with Crippen molar-refractivity contribution < 1.29 is 33.0 Å². The van der Waals surface area contributed by atoms with Crippen LogP contribution in [0, 0.1) is 39.9 Å². The minimum absolute atomic E-state index is 0.0137. The van der Waals surface area contributed by atoms with Crippen LogP contribution in [-0.2, 0) is 28.7 Å². The zero-order valence-electron chi connectivity index (χ0n) is 20.2. The predicted octanol–water partition coefficient (Wildman–Crippen LogP) is 3.64. The zero-order chi connectivity index (χ0) is 25.9. The van der Waals surface area contributed by atoms with Crippen molar-refractivity contribution in [1.29, 1.82) is 0 Å². The Hall–Kier alpha value is -3.42. The van der Waals surface area contributed by atoms with Crippen LogP contribution in [0.25, 0.3) is 6.08 Å². The van der Waals surface area contributed by atoms with Gasteiger partial charge in [0.1, 0.15) is 19.0 Å². The molecule has 2 saturated carbocycles. The minimum atomic E-state index is -1.76. The van der Waals surface area contributed by atoms with E-state index in [1.165, 1.54) is 18.3 Å². The van der Waals surface area contributed by atoms with E-state index in [4.69, 9.17) is 9.47 Å². The highest BCUT2D eigenvalue weighted by Gasteiger charge is 2.76. The second kappa shape index (κ2) is 8.32. The van der Waals surface area contributed by atoms with Crippen molar-refractivity contribution in [1.82, 2.24) is 4.98 Å². The summed E-state index contributed by atoms with van der Waals surface area (Å²) in [7, 11) is 0. The number of ether oxygens (including phenoxy) is 2. The van der Waals surface area contributed by atoms with Gasteiger partial charge in [0.25, 0.3) is 0 Å². The van der Waals surface area contributed by atoms with Crippen LogP contribution in [0.1, 0.15) is 38.7 Å². The zero-order valence-corrected chi connectivity index (χ0v) is 20.2. The quantitative estimate of drug-likeness (QED) is 0.158. The SMILES string of the molecule is C=C1C(=O)[C@@]23C(=O)OC[C@]4(C=CCC(C)(C)[C@H]4C=O)[C@@H]2CC[C@@H]1[C@H]3OC(=O)/C=C/c1ccnc(F)c1. The Bertz CT molecular complexity index is 1230. The molecular formula is C28H28FNO6. The fourth-order valence-corrected chi connectivity index (χ4v) is 7.12. The van der Waals surface area contributed by atoms with E-state index < -0.39 is 63.8 Å². The van der Waals surface area contributed by atoms with Gasteiger partial charge in [-0.3, -0.25) is 9.59 Å². The van der Waals surface area contributed by atoms with Crippen LogP contribution in [0.3, 0.4) is 0 Å². The van der Waals surface area contributed by atoms with Crippen molar-refractivity contribution in [3.05, 3.63) is 60.2 Å². The van der Waals surface area contributed by atoms with Crippen molar-refractivity contribution in [2.75, 3.05) is 6.61 Å². The van der Waals surface area contributed by atoms with Crippen LogP contribution in [0.4, 0.5) is 4.39 Å². The monoisotopic (exact) mass is 493 g/mol. The van der Waals surface area contributed by atoms with Gasteiger partial charge < -0.3 is 14.3 Å². The first-order chi connectivity index (χ1) is 17.1. The molecule has 1 aliphatic heterocycles. The summed E-state index contributed by atoms with van der Waals surface area (Å²) < 4.78 is 24.9. The van der Waals surface area contributed by atoms with Crippen LogP contribution >= 0.6 is 0 Å². The number of allylic oxidation sites excluding steroid dienone is 1. The lowest BCUT2D eigenvalue weighted by Crippen LogP contribution is -2.66. The molecule has 5 rings (SSSR count). The number of fused-ring (bicyclic) bond motifs is 2. The highest BCUT2D eigenvalue weighted by atomic mass is 19.1. The number of halogens is 1. The molecule has 1 saturated heterocycles. The smallest absolute Gasteiger partial charge is 0.331 e.